The van der Waals surface area contributed by atoms with Gasteiger partial charge in [0.2, 0.25) is 5.91 Å². The van der Waals surface area contributed by atoms with E-state index in [9.17, 15) is 9.59 Å². The van der Waals surface area contributed by atoms with Crippen LogP contribution in [-0.4, -0.2) is 28.9 Å². The van der Waals surface area contributed by atoms with Crippen LogP contribution in [0.4, 0.5) is 10.6 Å². The molecule has 0 radical (unpaired) electrons. The minimum Gasteiger partial charge on any atom is -0.434 e. The minimum atomic E-state index is -0.838. The molecule has 0 saturated heterocycles. The van der Waals surface area contributed by atoms with Crippen molar-refractivity contribution >= 4 is 17.9 Å². The Morgan fingerprint density at radius 3 is 2.94 bits per heavy atom. The third-order valence-electron chi connectivity index (χ3n) is 1.42. The van der Waals surface area contributed by atoms with Gasteiger partial charge < -0.3 is 9.47 Å². The summed E-state index contributed by atoms with van der Waals surface area (Å²) in [5.41, 5.74) is 4.79. The van der Waals surface area contributed by atoms with E-state index in [-0.39, 0.29) is 24.1 Å². The minimum absolute atomic E-state index is 0.132. The lowest BCUT2D eigenvalue weighted by Crippen LogP contribution is -2.27. The number of H-pyrrole nitrogens is 1. The number of amides is 1. The quantitative estimate of drug-likeness (QED) is 0.509. The van der Waals surface area contributed by atoms with Gasteiger partial charge in [-0.05, 0) is 6.92 Å². The lowest BCUT2D eigenvalue weighted by molar-refractivity contribution is -0.118. The fourth-order valence-corrected chi connectivity index (χ4v) is 0.830. The molecule has 8 heteroatoms. The van der Waals surface area contributed by atoms with Gasteiger partial charge in [-0.3, -0.25) is 20.7 Å². The number of carbonyl (C=O) groups excluding carboxylic acids is 2. The van der Waals surface area contributed by atoms with E-state index < -0.39 is 6.16 Å². The number of rotatable bonds is 4. The van der Waals surface area contributed by atoms with E-state index in [4.69, 9.17) is 4.74 Å². The lowest BCUT2D eigenvalue weighted by atomic mass is 10.6. The number of anilines is 1. The molecule has 0 spiro atoms. The van der Waals surface area contributed by atoms with Gasteiger partial charge in [0.1, 0.15) is 0 Å². The average molecular weight is 228 g/mol. The highest BCUT2D eigenvalue weighted by atomic mass is 16.7. The first-order valence-corrected chi connectivity index (χ1v) is 4.54. The summed E-state index contributed by atoms with van der Waals surface area (Å²) in [6, 6.07) is 0. The van der Waals surface area contributed by atoms with Crippen LogP contribution in [-0.2, 0) is 9.53 Å². The molecule has 88 valence electrons. The van der Waals surface area contributed by atoms with Crippen LogP contribution in [0.2, 0.25) is 0 Å². The fraction of sp³-hybridized carbons (Fsp3) is 0.375. The van der Waals surface area contributed by atoms with Crippen molar-refractivity contribution in [2.75, 3.05) is 12.0 Å². The predicted molar refractivity (Wildman–Crippen MR) is 53.7 cm³/mol. The van der Waals surface area contributed by atoms with E-state index in [2.05, 4.69) is 25.8 Å². The van der Waals surface area contributed by atoms with Crippen molar-refractivity contribution < 1.29 is 19.1 Å². The van der Waals surface area contributed by atoms with Crippen LogP contribution >= 0.6 is 0 Å². The molecule has 1 rings (SSSR count). The molecule has 0 bridgehead atoms. The molecular weight excluding hydrogens is 216 g/mol. The van der Waals surface area contributed by atoms with Crippen LogP contribution in [0, 0.1) is 0 Å². The second-order valence-corrected chi connectivity index (χ2v) is 2.70. The first-order chi connectivity index (χ1) is 7.63. The molecule has 1 heterocycles. The van der Waals surface area contributed by atoms with Crippen LogP contribution in [0.1, 0.15) is 13.8 Å². The summed E-state index contributed by atoms with van der Waals surface area (Å²) < 4.78 is 9.37. The van der Waals surface area contributed by atoms with Gasteiger partial charge in [0.25, 0.3) is 0 Å². The molecule has 1 aromatic heterocycles. The Balaban J connectivity index is 2.56. The summed E-state index contributed by atoms with van der Waals surface area (Å²) in [6.45, 7) is 3.20. The highest BCUT2D eigenvalue weighted by Gasteiger charge is 2.11. The van der Waals surface area contributed by atoms with Crippen molar-refractivity contribution in [2.24, 2.45) is 0 Å². The summed E-state index contributed by atoms with van der Waals surface area (Å²) in [7, 11) is 0. The molecule has 0 unspecified atom stereocenters. The fourth-order valence-electron chi connectivity index (χ4n) is 0.830. The molecule has 0 fully saturated rings. The van der Waals surface area contributed by atoms with E-state index in [1.54, 1.807) is 6.92 Å². The molecule has 1 aromatic rings. The van der Waals surface area contributed by atoms with E-state index in [1.807, 2.05) is 0 Å². The zero-order valence-electron chi connectivity index (χ0n) is 8.86. The van der Waals surface area contributed by atoms with Gasteiger partial charge >= 0.3 is 6.16 Å². The molecule has 0 aliphatic rings. The number of carbonyl (C=O) groups is 2. The van der Waals surface area contributed by atoms with Crippen molar-refractivity contribution in [3.05, 3.63) is 6.20 Å². The second kappa shape index (κ2) is 5.59. The molecule has 0 saturated carbocycles. The van der Waals surface area contributed by atoms with Gasteiger partial charge in [-0.2, -0.15) is 5.10 Å². The SMILES string of the molecule is CCOC(=O)Oc1cn[nH]c1NNC(C)=O. The molecule has 0 aliphatic carbocycles. The molecule has 8 nitrogen and oxygen atoms in total. The van der Waals surface area contributed by atoms with Gasteiger partial charge in [0, 0.05) is 6.92 Å². The highest BCUT2D eigenvalue weighted by Crippen LogP contribution is 2.19. The number of hydrogen-bond donors (Lipinski definition) is 3. The summed E-state index contributed by atoms with van der Waals surface area (Å²) in [4.78, 5) is 21.6. The second-order valence-electron chi connectivity index (χ2n) is 2.70. The Hall–Kier alpha value is -2.25. The van der Waals surface area contributed by atoms with Crippen LogP contribution in [0.5, 0.6) is 5.75 Å². The van der Waals surface area contributed by atoms with Crippen LogP contribution < -0.4 is 15.6 Å². The van der Waals surface area contributed by atoms with Crippen molar-refractivity contribution in [3.63, 3.8) is 0 Å². The smallest absolute Gasteiger partial charge is 0.434 e. The topological polar surface area (TPSA) is 105 Å². The predicted octanol–water partition coefficient (Wildman–Crippen LogP) is 0.408. The Kier molecular flexibility index (Phi) is 4.13. The third kappa shape index (κ3) is 3.48. The molecule has 16 heavy (non-hydrogen) atoms. The Bertz CT molecular complexity index is 376. The number of aromatic nitrogens is 2. The Labute approximate surface area is 91.3 Å². The van der Waals surface area contributed by atoms with Gasteiger partial charge in [-0.1, -0.05) is 0 Å². The van der Waals surface area contributed by atoms with Gasteiger partial charge in [-0.25, -0.2) is 4.79 Å². The number of nitrogens with one attached hydrogen (secondary N) is 3. The van der Waals surface area contributed by atoms with Crippen LogP contribution in [0.25, 0.3) is 0 Å². The summed E-state index contributed by atoms with van der Waals surface area (Å²) in [5.74, 6) is 0.0899. The van der Waals surface area contributed by atoms with Gasteiger partial charge in [0.15, 0.2) is 11.6 Å². The normalized spacial score (nSPS) is 9.38. The monoisotopic (exact) mass is 228 g/mol. The molecule has 0 atom stereocenters. The molecule has 0 aliphatic heterocycles. The van der Waals surface area contributed by atoms with Crippen molar-refractivity contribution in [1.82, 2.24) is 15.6 Å². The number of hydrogen-bond acceptors (Lipinski definition) is 6. The first kappa shape index (κ1) is 11.8. The molecular formula is C8H12N4O4. The standard InChI is InChI=1S/C8H12N4O4/c1-3-15-8(14)16-6-4-9-11-7(6)12-10-5(2)13/h4H,3H2,1-2H3,(H,10,13)(H2,9,11,12). The third-order valence-corrected chi connectivity index (χ3v) is 1.42. The van der Waals surface area contributed by atoms with Crippen molar-refractivity contribution in [3.8, 4) is 5.75 Å². The maximum absolute atomic E-state index is 11.0. The van der Waals surface area contributed by atoms with Gasteiger partial charge in [0.05, 0.1) is 12.8 Å². The van der Waals surface area contributed by atoms with Crippen LogP contribution in [0.3, 0.4) is 0 Å². The maximum atomic E-state index is 11.0. The number of ether oxygens (including phenoxy) is 2. The van der Waals surface area contributed by atoms with E-state index in [0.717, 1.165) is 0 Å². The average Bonchev–Trinajstić information content (AvgIpc) is 2.62. The maximum Gasteiger partial charge on any atom is 0.514 e. The Morgan fingerprint density at radius 2 is 2.31 bits per heavy atom. The summed E-state index contributed by atoms with van der Waals surface area (Å²) >= 11 is 0. The zero-order valence-corrected chi connectivity index (χ0v) is 8.86. The van der Waals surface area contributed by atoms with E-state index >= 15 is 0 Å². The molecule has 1 amide bonds. The summed E-state index contributed by atoms with van der Waals surface area (Å²) in [6.07, 6.45) is 0.441. The molecule has 3 N–H and O–H groups in total. The number of aromatic amines is 1. The number of hydrazine groups is 1. The highest BCUT2D eigenvalue weighted by molar-refractivity contribution is 5.75. The van der Waals surface area contributed by atoms with Crippen molar-refractivity contribution in [1.29, 1.82) is 0 Å². The molecule has 0 aromatic carbocycles. The summed E-state index contributed by atoms with van der Waals surface area (Å²) in [5, 5.41) is 6.14. The first-order valence-electron chi connectivity index (χ1n) is 4.54. The van der Waals surface area contributed by atoms with Crippen LogP contribution in [0.15, 0.2) is 6.20 Å². The van der Waals surface area contributed by atoms with Gasteiger partial charge in [-0.15, -0.1) is 0 Å². The number of nitrogens with zero attached hydrogens (tertiary/aromatic N) is 1. The van der Waals surface area contributed by atoms with E-state index in [0.29, 0.717) is 0 Å². The Morgan fingerprint density at radius 1 is 1.56 bits per heavy atom. The van der Waals surface area contributed by atoms with E-state index in [1.165, 1.54) is 13.1 Å². The van der Waals surface area contributed by atoms with Crippen molar-refractivity contribution in [2.45, 2.75) is 13.8 Å². The zero-order chi connectivity index (χ0) is 12.0. The largest absolute Gasteiger partial charge is 0.514 e. The lowest BCUT2D eigenvalue weighted by Gasteiger charge is -2.06.